The van der Waals surface area contributed by atoms with Crippen LogP contribution in [-0.4, -0.2) is 50.7 Å². The Hall–Kier alpha value is -3.20. The Kier molecular flexibility index (Phi) is 6.74. The van der Waals surface area contributed by atoms with Crippen LogP contribution in [0.2, 0.25) is 0 Å². The zero-order valence-corrected chi connectivity index (χ0v) is 16.6. The monoisotopic (exact) mass is 377 g/mol. The summed E-state index contributed by atoms with van der Waals surface area (Å²) in [7, 11) is 1.70. The summed E-state index contributed by atoms with van der Waals surface area (Å²) in [6.45, 7) is 7.14. The molecule has 3 rings (SSSR count). The third-order valence-electron chi connectivity index (χ3n) is 4.80. The first-order valence-electron chi connectivity index (χ1n) is 9.64. The molecule has 0 aliphatic carbocycles. The fourth-order valence-electron chi connectivity index (χ4n) is 3.31. The van der Waals surface area contributed by atoms with Crippen LogP contribution < -0.4 is 15.0 Å². The zero-order chi connectivity index (χ0) is 19.8. The van der Waals surface area contributed by atoms with E-state index >= 15 is 0 Å². The second-order valence-corrected chi connectivity index (χ2v) is 6.66. The molecule has 0 spiro atoms. The first kappa shape index (κ1) is 19.6. The third-order valence-corrected chi connectivity index (χ3v) is 4.80. The quantitative estimate of drug-likeness (QED) is 0.641. The normalized spacial score (nSPS) is 14.5. The Bertz CT molecular complexity index is 850. The lowest BCUT2D eigenvalue weighted by Gasteiger charge is -2.37. The first-order valence-corrected chi connectivity index (χ1v) is 9.64. The van der Waals surface area contributed by atoms with Gasteiger partial charge >= 0.3 is 0 Å². The molecule has 0 amide bonds. The molecule has 0 radical (unpaired) electrons. The minimum Gasteiger partial charge on any atom is -0.497 e. The summed E-state index contributed by atoms with van der Waals surface area (Å²) in [5, 5.41) is 12.5. The fourth-order valence-corrected chi connectivity index (χ4v) is 3.31. The van der Waals surface area contributed by atoms with Gasteiger partial charge in [0.15, 0.2) is 5.96 Å². The Morgan fingerprint density at radius 1 is 1.14 bits per heavy atom. The molecule has 2 aromatic carbocycles. The summed E-state index contributed by atoms with van der Waals surface area (Å²) < 4.78 is 5.34. The highest BCUT2D eigenvalue weighted by Gasteiger charge is 2.20. The van der Waals surface area contributed by atoms with Crippen LogP contribution in [-0.2, 0) is 6.54 Å². The van der Waals surface area contributed by atoms with Crippen molar-refractivity contribution in [2.75, 3.05) is 44.7 Å². The molecule has 1 aliphatic rings. The number of guanidine groups is 1. The number of piperazine rings is 1. The number of anilines is 1. The van der Waals surface area contributed by atoms with Crippen LogP contribution in [0.15, 0.2) is 53.5 Å². The van der Waals surface area contributed by atoms with E-state index in [1.54, 1.807) is 7.11 Å². The maximum Gasteiger partial charge on any atom is 0.194 e. The van der Waals surface area contributed by atoms with Crippen molar-refractivity contribution >= 4 is 11.6 Å². The second kappa shape index (κ2) is 9.65. The van der Waals surface area contributed by atoms with E-state index in [1.807, 2.05) is 36.4 Å². The molecule has 0 aromatic heterocycles. The van der Waals surface area contributed by atoms with Gasteiger partial charge in [0.25, 0.3) is 0 Å². The van der Waals surface area contributed by atoms with E-state index in [-0.39, 0.29) is 0 Å². The highest BCUT2D eigenvalue weighted by molar-refractivity contribution is 5.80. The predicted molar refractivity (Wildman–Crippen MR) is 113 cm³/mol. The average Bonchev–Trinajstić information content (AvgIpc) is 2.77. The number of ether oxygens (including phenoxy) is 1. The number of hydrogen-bond donors (Lipinski definition) is 1. The minimum absolute atomic E-state index is 0.563. The topological polar surface area (TPSA) is 63.9 Å². The van der Waals surface area contributed by atoms with Crippen molar-refractivity contribution in [3.05, 3.63) is 59.7 Å². The Morgan fingerprint density at radius 3 is 2.64 bits per heavy atom. The Morgan fingerprint density at radius 2 is 1.93 bits per heavy atom. The Labute approximate surface area is 167 Å². The SMILES string of the molecule is CCNC(=NCc1cccc(C#N)c1)N1CCN(c2cccc(OC)c2)CC1. The van der Waals surface area contributed by atoms with Crippen molar-refractivity contribution in [3.63, 3.8) is 0 Å². The standard InChI is InChI=1S/C22H27N5O/c1-3-24-22(25-17-19-7-4-6-18(14-19)16-23)27-12-10-26(11-13-27)20-8-5-9-21(15-20)28-2/h4-9,14-15H,3,10-13,17H2,1-2H3,(H,24,25). The van der Waals surface area contributed by atoms with Crippen LogP contribution in [0, 0.1) is 11.3 Å². The number of nitriles is 1. The number of nitrogens with one attached hydrogen (secondary N) is 1. The number of hydrogen-bond acceptors (Lipinski definition) is 4. The summed E-state index contributed by atoms with van der Waals surface area (Å²) in [6.07, 6.45) is 0. The molecule has 1 fully saturated rings. The molecule has 1 aliphatic heterocycles. The number of nitrogens with zero attached hydrogens (tertiary/aromatic N) is 4. The molecule has 1 heterocycles. The van der Waals surface area contributed by atoms with Gasteiger partial charge in [-0.05, 0) is 36.8 Å². The average molecular weight is 377 g/mol. The number of rotatable bonds is 5. The molecule has 0 saturated carbocycles. The molecule has 6 nitrogen and oxygen atoms in total. The van der Waals surface area contributed by atoms with E-state index in [1.165, 1.54) is 5.69 Å². The maximum atomic E-state index is 9.06. The Balaban J connectivity index is 1.64. The number of benzene rings is 2. The highest BCUT2D eigenvalue weighted by Crippen LogP contribution is 2.22. The van der Waals surface area contributed by atoms with Crippen molar-refractivity contribution < 1.29 is 4.74 Å². The maximum absolute atomic E-state index is 9.06. The van der Waals surface area contributed by atoms with Gasteiger partial charge in [-0.2, -0.15) is 5.26 Å². The van der Waals surface area contributed by atoms with Crippen LogP contribution in [0.25, 0.3) is 0 Å². The van der Waals surface area contributed by atoms with E-state index in [0.29, 0.717) is 12.1 Å². The first-order chi connectivity index (χ1) is 13.7. The van der Waals surface area contributed by atoms with Crippen LogP contribution >= 0.6 is 0 Å². The van der Waals surface area contributed by atoms with Crippen molar-refractivity contribution in [2.45, 2.75) is 13.5 Å². The lowest BCUT2D eigenvalue weighted by Crippen LogP contribution is -2.52. The lowest BCUT2D eigenvalue weighted by molar-refractivity contribution is 0.372. The van der Waals surface area contributed by atoms with Crippen LogP contribution in [0.1, 0.15) is 18.1 Å². The van der Waals surface area contributed by atoms with Gasteiger partial charge < -0.3 is 19.9 Å². The van der Waals surface area contributed by atoms with E-state index in [4.69, 9.17) is 15.0 Å². The third kappa shape index (κ3) is 4.95. The van der Waals surface area contributed by atoms with Gasteiger partial charge in [0, 0.05) is 44.5 Å². The van der Waals surface area contributed by atoms with Crippen molar-refractivity contribution in [1.29, 1.82) is 5.26 Å². The summed E-state index contributed by atoms with van der Waals surface area (Å²) in [6, 6.07) is 18.0. The van der Waals surface area contributed by atoms with Gasteiger partial charge in [0.2, 0.25) is 0 Å². The van der Waals surface area contributed by atoms with E-state index in [0.717, 1.165) is 50.0 Å². The molecule has 28 heavy (non-hydrogen) atoms. The number of aliphatic imine (C=N–C) groups is 1. The molecule has 0 bridgehead atoms. The molecule has 1 saturated heterocycles. The molecule has 0 unspecified atom stereocenters. The van der Waals surface area contributed by atoms with Gasteiger partial charge in [-0.25, -0.2) is 4.99 Å². The molecule has 0 atom stereocenters. The van der Waals surface area contributed by atoms with Crippen molar-refractivity contribution in [2.24, 2.45) is 4.99 Å². The predicted octanol–water partition coefficient (Wildman–Crippen LogP) is 2.85. The van der Waals surface area contributed by atoms with E-state index < -0.39 is 0 Å². The largest absolute Gasteiger partial charge is 0.497 e. The number of methoxy groups -OCH3 is 1. The van der Waals surface area contributed by atoms with Gasteiger partial charge in [-0.3, -0.25) is 0 Å². The van der Waals surface area contributed by atoms with E-state index in [2.05, 4.69) is 40.2 Å². The van der Waals surface area contributed by atoms with Gasteiger partial charge in [0.05, 0.1) is 25.3 Å². The van der Waals surface area contributed by atoms with Gasteiger partial charge in [-0.15, -0.1) is 0 Å². The highest BCUT2D eigenvalue weighted by atomic mass is 16.5. The van der Waals surface area contributed by atoms with Crippen LogP contribution in [0.5, 0.6) is 5.75 Å². The van der Waals surface area contributed by atoms with E-state index in [9.17, 15) is 0 Å². The molecular formula is C22H27N5O. The summed E-state index contributed by atoms with van der Waals surface area (Å²) in [4.78, 5) is 9.47. The summed E-state index contributed by atoms with van der Waals surface area (Å²) >= 11 is 0. The lowest BCUT2D eigenvalue weighted by atomic mass is 10.1. The second-order valence-electron chi connectivity index (χ2n) is 6.66. The van der Waals surface area contributed by atoms with Crippen LogP contribution in [0.4, 0.5) is 5.69 Å². The molecule has 146 valence electrons. The summed E-state index contributed by atoms with van der Waals surface area (Å²) in [5.74, 6) is 1.81. The smallest absolute Gasteiger partial charge is 0.194 e. The van der Waals surface area contributed by atoms with Crippen molar-refractivity contribution in [3.8, 4) is 11.8 Å². The molecule has 6 heteroatoms. The van der Waals surface area contributed by atoms with Gasteiger partial charge in [-0.1, -0.05) is 18.2 Å². The molecule has 1 N–H and O–H groups in total. The van der Waals surface area contributed by atoms with Crippen LogP contribution in [0.3, 0.4) is 0 Å². The zero-order valence-electron chi connectivity index (χ0n) is 16.6. The molecule has 2 aromatic rings. The summed E-state index contributed by atoms with van der Waals surface area (Å²) in [5.41, 5.74) is 2.91. The van der Waals surface area contributed by atoms with Crippen molar-refractivity contribution in [1.82, 2.24) is 10.2 Å². The molecular weight excluding hydrogens is 350 g/mol. The minimum atomic E-state index is 0.563. The fraction of sp³-hybridized carbons (Fsp3) is 0.364. The van der Waals surface area contributed by atoms with Gasteiger partial charge in [0.1, 0.15) is 5.75 Å².